The molecule has 0 spiro atoms. The van der Waals surface area contributed by atoms with Crippen LogP contribution in [0.2, 0.25) is 0 Å². The largest absolute Gasteiger partial charge is 0.489 e. The number of likely N-dealkylation sites (N-methyl/N-ethyl adjacent to an activating group) is 1. The molecule has 2 amide bonds. The third-order valence-electron chi connectivity index (χ3n) is 6.00. The highest BCUT2D eigenvalue weighted by Crippen LogP contribution is 2.34. The molecule has 9 nitrogen and oxygen atoms in total. The van der Waals surface area contributed by atoms with Crippen molar-refractivity contribution in [1.82, 2.24) is 20.1 Å². The first kappa shape index (κ1) is 19.7. The number of hydrogen-bond donors (Lipinski definition) is 1. The molecule has 1 aliphatic carbocycles. The van der Waals surface area contributed by atoms with Crippen LogP contribution in [0.25, 0.3) is 0 Å². The molecule has 0 radical (unpaired) electrons. The minimum Gasteiger partial charge on any atom is -0.489 e. The Balaban J connectivity index is 1.33. The lowest BCUT2D eigenvalue weighted by molar-refractivity contribution is -0.120. The van der Waals surface area contributed by atoms with E-state index in [0.717, 1.165) is 19.3 Å². The summed E-state index contributed by atoms with van der Waals surface area (Å²) >= 11 is 0. The third kappa shape index (κ3) is 3.69. The van der Waals surface area contributed by atoms with E-state index in [-0.39, 0.29) is 30.4 Å². The van der Waals surface area contributed by atoms with Gasteiger partial charge in [-0.2, -0.15) is 0 Å². The van der Waals surface area contributed by atoms with E-state index in [1.54, 1.807) is 17.8 Å². The van der Waals surface area contributed by atoms with E-state index < -0.39 is 11.9 Å². The molecule has 0 bridgehead atoms. The molecule has 162 valence electrons. The minimum absolute atomic E-state index is 0.0398. The van der Waals surface area contributed by atoms with Crippen LogP contribution in [-0.2, 0) is 16.1 Å². The number of anilines is 1. The zero-order valence-corrected chi connectivity index (χ0v) is 17.4. The van der Waals surface area contributed by atoms with E-state index in [9.17, 15) is 9.59 Å². The number of hydrogen-bond acceptors (Lipinski definition) is 6. The Bertz CT molecular complexity index is 1030. The molecule has 2 aliphatic heterocycles. The third-order valence-corrected chi connectivity index (χ3v) is 6.00. The molecule has 31 heavy (non-hydrogen) atoms. The van der Waals surface area contributed by atoms with Crippen molar-refractivity contribution in [3.05, 3.63) is 48.1 Å². The Morgan fingerprint density at radius 1 is 1.29 bits per heavy atom. The number of carbonyl (C=O) groups excluding carboxylic acids is 2. The summed E-state index contributed by atoms with van der Waals surface area (Å²) in [6.45, 7) is 1.12. The van der Waals surface area contributed by atoms with Crippen molar-refractivity contribution in [2.75, 3.05) is 25.2 Å². The van der Waals surface area contributed by atoms with Crippen LogP contribution in [0.1, 0.15) is 41.8 Å². The summed E-state index contributed by atoms with van der Waals surface area (Å²) in [7, 11) is 1.67. The van der Waals surface area contributed by atoms with Gasteiger partial charge in [-0.1, -0.05) is 24.3 Å². The molecule has 0 saturated heterocycles. The fraction of sp³-hybridized carbons (Fsp3) is 0.455. The predicted octanol–water partition coefficient (Wildman–Crippen LogP) is 1.86. The molecule has 1 unspecified atom stereocenters. The Morgan fingerprint density at radius 2 is 2.16 bits per heavy atom. The average Bonchev–Trinajstić information content (AvgIpc) is 3.22. The molecule has 5 rings (SSSR count). The smallest absolute Gasteiger partial charge is 0.291 e. The number of rotatable bonds is 3. The van der Waals surface area contributed by atoms with Gasteiger partial charge in [0, 0.05) is 13.0 Å². The van der Waals surface area contributed by atoms with Crippen molar-refractivity contribution in [3.8, 4) is 5.75 Å². The summed E-state index contributed by atoms with van der Waals surface area (Å²) < 4.78 is 13.5. The number of nitrogens with one attached hydrogen (secondary N) is 1. The SMILES string of the molecule is CN1C(=O)[C@@H](NC(=O)c2nc3n(n2)CCO[C@@H]3C2C=CCCC2)COc2ccccc21. The highest BCUT2D eigenvalue weighted by atomic mass is 16.5. The van der Waals surface area contributed by atoms with E-state index >= 15 is 0 Å². The molecule has 1 N–H and O–H groups in total. The van der Waals surface area contributed by atoms with Crippen molar-refractivity contribution in [1.29, 1.82) is 0 Å². The summed E-state index contributed by atoms with van der Waals surface area (Å²) in [6, 6.07) is 6.45. The lowest BCUT2D eigenvalue weighted by Gasteiger charge is -2.29. The van der Waals surface area contributed by atoms with Gasteiger partial charge >= 0.3 is 0 Å². The van der Waals surface area contributed by atoms with Gasteiger partial charge in [-0.25, -0.2) is 9.67 Å². The second kappa shape index (κ2) is 8.14. The fourth-order valence-corrected chi connectivity index (χ4v) is 4.35. The highest BCUT2D eigenvalue weighted by Gasteiger charge is 2.35. The van der Waals surface area contributed by atoms with Crippen LogP contribution in [0.4, 0.5) is 5.69 Å². The second-order valence-corrected chi connectivity index (χ2v) is 8.03. The van der Waals surface area contributed by atoms with Gasteiger partial charge in [0.05, 0.1) is 18.8 Å². The summed E-state index contributed by atoms with van der Waals surface area (Å²) in [5.41, 5.74) is 0.667. The summed E-state index contributed by atoms with van der Waals surface area (Å²) in [6.07, 6.45) is 7.36. The molecule has 9 heteroatoms. The number of fused-ring (bicyclic) bond motifs is 2. The van der Waals surface area contributed by atoms with Crippen LogP contribution < -0.4 is 15.0 Å². The lowest BCUT2D eigenvalue weighted by Crippen LogP contribution is -2.49. The highest BCUT2D eigenvalue weighted by molar-refractivity contribution is 6.02. The van der Waals surface area contributed by atoms with Gasteiger partial charge in [0.1, 0.15) is 24.5 Å². The number of amides is 2. The van der Waals surface area contributed by atoms with Crippen molar-refractivity contribution in [3.63, 3.8) is 0 Å². The Hall–Kier alpha value is -3.20. The summed E-state index contributed by atoms with van der Waals surface area (Å²) in [4.78, 5) is 31.8. The van der Waals surface area contributed by atoms with Crippen LogP contribution in [-0.4, -0.2) is 52.9 Å². The van der Waals surface area contributed by atoms with E-state index in [1.165, 1.54) is 4.90 Å². The molecule has 3 atom stereocenters. The Kier molecular flexibility index (Phi) is 5.19. The molecular formula is C22H25N5O4. The van der Waals surface area contributed by atoms with E-state index in [4.69, 9.17) is 9.47 Å². The van der Waals surface area contributed by atoms with Gasteiger partial charge < -0.3 is 19.7 Å². The zero-order valence-electron chi connectivity index (χ0n) is 17.4. The number of carbonyl (C=O) groups is 2. The van der Waals surface area contributed by atoms with Gasteiger partial charge in [0.15, 0.2) is 5.82 Å². The summed E-state index contributed by atoms with van der Waals surface area (Å²) in [5.74, 6) is 0.795. The van der Waals surface area contributed by atoms with Crippen molar-refractivity contribution in [2.24, 2.45) is 5.92 Å². The standard InChI is InChI=1S/C22H25N5O4/c1-26-16-9-5-6-10-17(16)31-13-15(22(26)29)23-21(28)19-24-20-18(14-7-3-2-4-8-14)30-12-11-27(20)25-19/h3,5-7,9-10,14-15,18H,2,4,8,11-13H2,1H3,(H,23,28)/t14?,15-,18+/m0/s1. The zero-order chi connectivity index (χ0) is 21.4. The van der Waals surface area contributed by atoms with Crippen molar-refractivity contribution in [2.45, 2.75) is 38.0 Å². The van der Waals surface area contributed by atoms with Crippen molar-refractivity contribution >= 4 is 17.5 Å². The Labute approximate surface area is 180 Å². The van der Waals surface area contributed by atoms with E-state index in [1.807, 2.05) is 18.2 Å². The van der Waals surface area contributed by atoms with Crippen LogP contribution in [0.3, 0.4) is 0 Å². The van der Waals surface area contributed by atoms with Gasteiger partial charge in [0.2, 0.25) is 5.82 Å². The van der Waals surface area contributed by atoms with Crippen LogP contribution in [0.5, 0.6) is 5.75 Å². The van der Waals surface area contributed by atoms with Gasteiger partial charge in [-0.05, 0) is 31.4 Å². The molecule has 3 aliphatic rings. The molecule has 3 heterocycles. The maximum atomic E-state index is 12.9. The maximum Gasteiger partial charge on any atom is 0.291 e. The number of ether oxygens (including phenoxy) is 2. The monoisotopic (exact) mass is 423 g/mol. The van der Waals surface area contributed by atoms with Crippen molar-refractivity contribution < 1.29 is 19.1 Å². The first-order valence-electron chi connectivity index (χ1n) is 10.6. The topological polar surface area (TPSA) is 98.6 Å². The van der Waals surface area contributed by atoms with Crippen LogP contribution in [0.15, 0.2) is 36.4 Å². The minimum atomic E-state index is -0.834. The van der Waals surface area contributed by atoms with Crippen LogP contribution in [0, 0.1) is 5.92 Å². The number of aromatic nitrogens is 3. The number of benzene rings is 1. The molecule has 1 aromatic heterocycles. The normalized spacial score (nSPS) is 25.3. The lowest BCUT2D eigenvalue weighted by atomic mass is 9.90. The number of allylic oxidation sites excluding steroid dienone is 1. The number of nitrogens with zero attached hydrogens (tertiary/aromatic N) is 4. The molecule has 0 fully saturated rings. The maximum absolute atomic E-state index is 12.9. The van der Waals surface area contributed by atoms with Crippen LogP contribution >= 0.6 is 0 Å². The predicted molar refractivity (Wildman–Crippen MR) is 112 cm³/mol. The first-order valence-corrected chi connectivity index (χ1v) is 10.6. The number of para-hydroxylation sites is 2. The fourth-order valence-electron chi connectivity index (χ4n) is 4.35. The van der Waals surface area contributed by atoms with Gasteiger partial charge in [-0.3, -0.25) is 9.59 Å². The molecular weight excluding hydrogens is 398 g/mol. The average molecular weight is 423 g/mol. The van der Waals surface area contributed by atoms with Gasteiger partial charge in [-0.15, -0.1) is 5.10 Å². The summed E-state index contributed by atoms with van der Waals surface area (Å²) in [5, 5.41) is 7.14. The Morgan fingerprint density at radius 3 is 3.00 bits per heavy atom. The van der Waals surface area contributed by atoms with E-state index in [0.29, 0.717) is 30.4 Å². The second-order valence-electron chi connectivity index (χ2n) is 8.03. The molecule has 1 aromatic carbocycles. The first-order chi connectivity index (χ1) is 15.1. The molecule has 0 saturated carbocycles. The quantitative estimate of drug-likeness (QED) is 0.757. The van der Waals surface area contributed by atoms with Gasteiger partial charge in [0.25, 0.3) is 11.8 Å². The van der Waals surface area contributed by atoms with E-state index in [2.05, 4.69) is 27.6 Å². The molecule has 2 aromatic rings.